The van der Waals surface area contributed by atoms with Crippen molar-refractivity contribution in [1.29, 1.82) is 0 Å². The van der Waals surface area contributed by atoms with Gasteiger partial charge in [0, 0.05) is 5.56 Å². The monoisotopic (exact) mass is 337 g/mol. The van der Waals surface area contributed by atoms with Crippen LogP contribution in [0.25, 0.3) is 0 Å². The largest absolute Gasteiger partial charge is 0.375 e. The molecule has 1 aromatic carbocycles. The van der Waals surface area contributed by atoms with E-state index in [9.17, 15) is 0 Å². The Bertz CT molecular complexity index is 593. The van der Waals surface area contributed by atoms with Crippen LogP contribution in [0.1, 0.15) is 18.1 Å². The predicted molar refractivity (Wildman–Crippen MR) is 98.7 cm³/mol. The third kappa shape index (κ3) is 6.12. The molecule has 0 bridgehead atoms. The Morgan fingerprint density at radius 3 is 2.09 bits per heavy atom. The van der Waals surface area contributed by atoms with E-state index >= 15 is 0 Å². The zero-order valence-corrected chi connectivity index (χ0v) is 13.8. The van der Waals surface area contributed by atoms with Gasteiger partial charge in [-0.05, 0) is 49.9 Å². The number of nitrogens with two attached hydrogens (primary N) is 3. The van der Waals surface area contributed by atoms with E-state index in [-0.39, 0.29) is 10.2 Å². The van der Waals surface area contributed by atoms with Crippen LogP contribution in [-0.2, 0) is 6.42 Å². The molecule has 0 aromatic heterocycles. The van der Waals surface area contributed by atoms with E-state index in [0.29, 0.717) is 18.0 Å². The molecule has 0 saturated heterocycles. The van der Waals surface area contributed by atoms with Gasteiger partial charge in [-0.2, -0.15) is 10.2 Å². The third-order valence-corrected chi connectivity index (χ3v) is 2.80. The molecule has 0 saturated carbocycles. The minimum Gasteiger partial charge on any atom is -0.375 e. The summed E-state index contributed by atoms with van der Waals surface area (Å²) in [6.07, 6.45) is 0.813. The molecule has 0 amide bonds. The highest BCUT2D eigenvalue weighted by Gasteiger charge is 2.09. The second kappa shape index (κ2) is 9.03. The average Bonchev–Trinajstić information content (AvgIpc) is 2.47. The fourth-order valence-corrected chi connectivity index (χ4v) is 1.74. The van der Waals surface area contributed by atoms with Crippen molar-refractivity contribution < 1.29 is 0 Å². The Morgan fingerprint density at radius 2 is 1.59 bits per heavy atom. The van der Waals surface area contributed by atoms with E-state index in [1.165, 1.54) is 0 Å². The molecule has 0 aliphatic rings. The molecule has 22 heavy (non-hydrogen) atoms. The average molecular weight is 337 g/mol. The van der Waals surface area contributed by atoms with Crippen LogP contribution in [-0.4, -0.2) is 28.2 Å². The molecule has 0 spiro atoms. The van der Waals surface area contributed by atoms with Crippen LogP contribution < -0.4 is 28.1 Å². The van der Waals surface area contributed by atoms with Crippen LogP contribution in [0.3, 0.4) is 0 Å². The molecule has 7 nitrogen and oxygen atoms in total. The van der Waals surface area contributed by atoms with Crippen LogP contribution in [0.2, 0.25) is 0 Å². The summed E-state index contributed by atoms with van der Waals surface area (Å²) in [6.45, 7) is 2.36. The number of hydrogen-bond acceptors (Lipinski definition) is 5. The first-order chi connectivity index (χ1) is 10.4. The van der Waals surface area contributed by atoms with Crippen molar-refractivity contribution in [1.82, 2.24) is 10.9 Å². The van der Waals surface area contributed by atoms with Gasteiger partial charge in [0.15, 0.2) is 10.2 Å². The highest BCUT2D eigenvalue weighted by molar-refractivity contribution is 7.80. The molecule has 0 aliphatic carbocycles. The van der Waals surface area contributed by atoms with Crippen molar-refractivity contribution in [2.75, 3.05) is 6.54 Å². The van der Waals surface area contributed by atoms with E-state index in [2.05, 4.69) is 21.1 Å². The van der Waals surface area contributed by atoms with Crippen LogP contribution in [0.15, 0.2) is 34.5 Å². The Kier molecular flexibility index (Phi) is 7.37. The lowest BCUT2D eigenvalue weighted by Gasteiger charge is -2.09. The summed E-state index contributed by atoms with van der Waals surface area (Å²) in [4.78, 5) is 0. The number of thiocarbonyl (C=S) groups is 2. The van der Waals surface area contributed by atoms with Crippen LogP contribution in [0, 0.1) is 0 Å². The molecule has 118 valence electrons. The highest BCUT2D eigenvalue weighted by atomic mass is 32.1. The second-order valence-corrected chi connectivity index (χ2v) is 5.22. The number of benzene rings is 1. The molecule has 1 rings (SSSR count). The van der Waals surface area contributed by atoms with Gasteiger partial charge < -0.3 is 17.2 Å². The molecule has 0 aliphatic heterocycles. The van der Waals surface area contributed by atoms with E-state index in [0.717, 1.165) is 17.5 Å². The van der Waals surface area contributed by atoms with Crippen molar-refractivity contribution in [3.05, 3.63) is 35.4 Å². The minimum absolute atomic E-state index is 0.0624. The van der Waals surface area contributed by atoms with Gasteiger partial charge in [-0.1, -0.05) is 24.3 Å². The molecular weight excluding hydrogens is 318 g/mol. The zero-order valence-electron chi connectivity index (χ0n) is 12.2. The van der Waals surface area contributed by atoms with E-state index in [4.69, 9.17) is 41.6 Å². The van der Waals surface area contributed by atoms with Gasteiger partial charge in [0.2, 0.25) is 0 Å². The Balaban J connectivity index is 3.08. The summed E-state index contributed by atoms with van der Waals surface area (Å²) in [5, 5.41) is 8.36. The quantitative estimate of drug-likeness (QED) is 0.279. The summed E-state index contributed by atoms with van der Waals surface area (Å²) < 4.78 is 0. The SMILES string of the molecule is CC(=NNC(N)=S)C(=NNC(N)=S)c1ccc(CCN)cc1. The third-order valence-electron chi connectivity index (χ3n) is 2.61. The van der Waals surface area contributed by atoms with Gasteiger partial charge >= 0.3 is 0 Å². The van der Waals surface area contributed by atoms with Gasteiger partial charge in [-0.15, -0.1) is 0 Å². The minimum atomic E-state index is 0.0624. The standard InChI is InChI=1S/C13H19N7S2/c1-8(17-19-12(15)21)11(18-20-13(16)22)10-4-2-9(3-5-10)6-7-14/h2-5H,6-7,14H2,1H3,(H3,15,19,21)(H3,16,20,22). The van der Waals surface area contributed by atoms with Crippen molar-refractivity contribution in [2.45, 2.75) is 13.3 Å². The summed E-state index contributed by atoms with van der Waals surface area (Å²) in [5.74, 6) is 0. The predicted octanol–water partition coefficient (Wildman–Crippen LogP) is -0.0658. The topological polar surface area (TPSA) is 127 Å². The summed E-state index contributed by atoms with van der Waals surface area (Å²) in [5.41, 5.74) is 24.5. The maximum Gasteiger partial charge on any atom is 0.184 e. The summed E-state index contributed by atoms with van der Waals surface area (Å²) in [6, 6.07) is 7.80. The number of hydrogen-bond donors (Lipinski definition) is 5. The maximum atomic E-state index is 5.54. The Labute approximate surface area is 140 Å². The first-order valence-corrected chi connectivity index (χ1v) is 7.28. The maximum absolute atomic E-state index is 5.54. The van der Waals surface area contributed by atoms with E-state index < -0.39 is 0 Å². The Morgan fingerprint density at radius 1 is 1.05 bits per heavy atom. The molecule has 1 aromatic rings. The van der Waals surface area contributed by atoms with Crippen LogP contribution in [0.5, 0.6) is 0 Å². The van der Waals surface area contributed by atoms with Gasteiger partial charge in [0.05, 0.1) is 5.71 Å². The molecule has 0 radical (unpaired) electrons. The molecule has 0 fully saturated rings. The zero-order chi connectivity index (χ0) is 16.5. The molecule has 0 unspecified atom stereocenters. The fraction of sp³-hybridized carbons (Fsp3) is 0.231. The van der Waals surface area contributed by atoms with Crippen LogP contribution >= 0.6 is 24.4 Å². The summed E-state index contributed by atoms with van der Waals surface area (Å²) >= 11 is 9.48. The second-order valence-electron chi connectivity index (χ2n) is 4.35. The molecule has 0 atom stereocenters. The number of rotatable bonds is 6. The normalized spacial score (nSPS) is 11.9. The van der Waals surface area contributed by atoms with E-state index in [1.807, 2.05) is 24.3 Å². The Hall–Kier alpha value is -2.10. The van der Waals surface area contributed by atoms with Crippen molar-refractivity contribution in [3.63, 3.8) is 0 Å². The van der Waals surface area contributed by atoms with Gasteiger partial charge in [-0.25, -0.2) is 0 Å². The van der Waals surface area contributed by atoms with Crippen molar-refractivity contribution in [2.24, 2.45) is 27.4 Å². The van der Waals surface area contributed by atoms with Crippen molar-refractivity contribution >= 4 is 46.1 Å². The lowest BCUT2D eigenvalue weighted by Crippen LogP contribution is -2.30. The van der Waals surface area contributed by atoms with Gasteiger partial charge in [0.25, 0.3) is 0 Å². The van der Waals surface area contributed by atoms with E-state index in [1.54, 1.807) is 6.92 Å². The smallest absolute Gasteiger partial charge is 0.184 e. The van der Waals surface area contributed by atoms with Crippen molar-refractivity contribution in [3.8, 4) is 0 Å². The van der Waals surface area contributed by atoms with Gasteiger partial charge in [0.1, 0.15) is 5.71 Å². The van der Waals surface area contributed by atoms with Crippen LogP contribution in [0.4, 0.5) is 0 Å². The number of hydrazone groups is 2. The molecular formula is C13H19N7S2. The number of nitrogens with zero attached hydrogens (tertiary/aromatic N) is 2. The summed E-state index contributed by atoms with van der Waals surface area (Å²) in [7, 11) is 0. The lowest BCUT2D eigenvalue weighted by atomic mass is 10.0. The van der Waals surface area contributed by atoms with Gasteiger partial charge in [-0.3, -0.25) is 10.9 Å². The number of nitrogens with one attached hydrogen (secondary N) is 2. The lowest BCUT2D eigenvalue weighted by molar-refractivity contribution is 0.968. The molecule has 0 heterocycles. The molecule has 9 heteroatoms. The fourth-order valence-electron chi connectivity index (χ4n) is 1.65. The molecule has 8 N–H and O–H groups in total. The first-order valence-electron chi connectivity index (χ1n) is 6.46. The highest BCUT2D eigenvalue weighted by Crippen LogP contribution is 2.07. The first kappa shape index (κ1) is 18.0.